The predicted molar refractivity (Wildman–Crippen MR) is 56.7 cm³/mol. The van der Waals surface area contributed by atoms with Crippen LogP contribution in [-0.2, 0) is 11.2 Å². The second kappa shape index (κ2) is 4.27. The first-order chi connectivity index (χ1) is 6.57. The summed E-state index contributed by atoms with van der Waals surface area (Å²) in [7, 11) is 0. The van der Waals surface area contributed by atoms with E-state index in [2.05, 4.69) is 0 Å². The van der Waals surface area contributed by atoms with Crippen molar-refractivity contribution >= 4 is 6.29 Å². The van der Waals surface area contributed by atoms with Gasteiger partial charge in [-0.2, -0.15) is 0 Å². The average molecular weight is 192 g/mol. The van der Waals surface area contributed by atoms with Gasteiger partial charge in [0.2, 0.25) is 0 Å². The second-order valence-electron chi connectivity index (χ2n) is 3.66. The van der Waals surface area contributed by atoms with Crippen molar-refractivity contribution in [2.45, 2.75) is 33.6 Å². The maximum absolute atomic E-state index is 10.3. The molecule has 1 aromatic rings. The first kappa shape index (κ1) is 10.8. The van der Waals surface area contributed by atoms with Crippen molar-refractivity contribution in [3.05, 3.63) is 28.3 Å². The van der Waals surface area contributed by atoms with Gasteiger partial charge in [-0.1, -0.05) is 6.07 Å². The molecule has 1 N–H and O–H groups in total. The third kappa shape index (κ3) is 1.95. The van der Waals surface area contributed by atoms with Crippen molar-refractivity contribution in [1.29, 1.82) is 0 Å². The van der Waals surface area contributed by atoms with Crippen LogP contribution in [0.25, 0.3) is 0 Å². The zero-order chi connectivity index (χ0) is 10.7. The highest BCUT2D eigenvalue weighted by atomic mass is 16.3. The van der Waals surface area contributed by atoms with Gasteiger partial charge in [0, 0.05) is 6.42 Å². The van der Waals surface area contributed by atoms with Crippen molar-refractivity contribution in [3.8, 4) is 5.75 Å². The Balaban J connectivity index is 3.12. The summed E-state index contributed by atoms with van der Waals surface area (Å²) in [6, 6.07) is 1.96. The van der Waals surface area contributed by atoms with Gasteiger partial charge in [-0.25, -0.2) is 0 Å². The third-order valence-electron chi connectivity index (χ3n) is 2.70. The Bertz CT molecular complexity index is 354. The first-order valence-electron chi connectivity index (χ1n) is 4.80. The van der Waals surface area contributed by atoms with Gasteiger partial charge in [0.05, 0.1) is 0 Å². The zero-order valence-corrected chi connectivity index (χ0v) is 8.92. The maximum Gasteiger partial charge on any atom is 0.121 e. The molecule has 0 radical (unpaired) electrons. The van der Waals surface area contributed by atoms with Gasteiger partial charge in [-0.3, -0.25) is 0 Å². The summed E-state index contributed by atoms with van der Waals surface area (Å²) in [4.78, 5) is 10.3. The molecule has 1 aromatic carbocycles. The first-order valence-corrected chi connectivity index (χ1v) is 4.80. The van der Waals surface area contributed by atoms with E-state index in [1.807, 2.05) is 26.8 Å². The van der Waals surface area contributed by atoms with Crippen molar-refractivity contribution in [2.24, 2.45) is 0 Å². The van der Waals surface area contributed by atoms with Crippen molar-refractivity contribution < 1.29 is 9.90 Å². The highest BCUT2D eigenvalue weighted by molar-refractivity contribution is 5.52. The lowest BCUT2D eigenvalue weighted by Gasteiger charge is -2.11. The summed E-state index contributed by atoms with van der Waals surface area (Å²) in [6.45, 7) is 5.77. The number of rotatable bonds is 3. The predicted octanol–water partition coefficient (Wildman–Crippen LogP) is 2.45. The molecule has 2 nitrogen and oxygen atoms in total. The van der Waals surface area contributed by atoms with Gasteiger partial charge in [-0.15, -0.1) is 0 Å². The number of hydrogen-bond acceptors (Lipinski definition) is 2. The molecular weight excluding hydrogens is 176 g/mol. The molecule has 14 heavy (non-hydrogen) atoms. The van der Waals surface area contributed by atoms with Crippen LogP contribution in [0.4, 0.5) is 0 Å². The molecular formula is C12H16O2. The zero-order valence-electron chi connectivity index (χ0n) is 8.92. The Morgan fingerprint density at radius 1 is 1.29 bits per heavy atom. The van der Waals surface area contributed by atoms with Crippen molar-refractivity contribution in [1.82, 2.24) is 0 Å². The van der Waals surface area contributed by atoms with E-state index in [0.717, 1.165) is 35.0 Å². The van der Waals surface area contributed by atoms with Gasteiger partial charge in [0.1, 0.15) is 12.0 Å². The van der Waals surface area contributed by atoms with Gasteiger partial charge >= 0.3 is 0 Å². The summed E-state index contributed by atoms with van der Waals surface area (Å²) >= 11 is 0. The number of carbonyl (C=O) groups is 1. The highest BCUT2D eigenvalue weighted by Gasteiger charge is 2.08. The fourth-order valence-corrected chi connectivity index (χ4v) is 1.63. The minimum Gasteiger partial charge on any atom is -0.507 e. The van der Waals surface area contributed by atoms with Gasteiger partial charge in [0.15, 0.2) is 0 Å². The molecule has 0 aliphatic carbocycles. The average Bonchev–Trinajstić information content (AvgIpc) is 2.18. The molecule has 0 aliphatic heterocycles. The van der Waals surface area contributed by atoms with E-state index >= 15 is 0 Å². The fraction of sp³-hybridized carbons (Fsp3) is 0.417. The number of aryl methyl sites for hydroxylation is 2. The van der Waals surface area contributed by atoms with E-state index in [0.29, 0.717) is 12.2 Å². The molecule has 0 unspecified atom stereocenters. The number of aromatic hydroxyl groups is 1. The molecule has 0 atom stereocenters. The Kier molecular flexibility index (Phi) is 3.28. The summed E-state index contributed by atoms with van der Waals surface area (Å²) < 4.78 is 0. The molecule has 2 heteroatoms. The minimum atomic E-state index is 0.373. The number of benzene rings is 1. The summed E-state index contributed by atoms with van der Waals surface area (Å²) in [6.07, 6.45) is 2.23. The van der Waals surface area contributed by atoms with Crippen LogP contribution in [0.5, 0.6) is 5.75 Å². The van der Waals surface area contributed by atoms with Crippen molar-refractivity contribution in [2.75, 3.05) is 0 Å². The molecule has 1 rings (SSSR count). The molecule has 0 saturated carbocycles. The molecule has 0 amide bonds. The third-order valence-corrected chi connectivity index (χ3v) is 2.70. The number of phenolic OH excluding ortho intramolecular Hbond substituents is 1. The van der Waals surface area contributed by atoms with E-state index in [1.54, 1.807) is 0 Å². The monoisotopic (exact) mass is 192 g/mol. The Morgan fingerprint density at radius 3 is 2.50 bits per heavy atom. The molecule has 0 saturated heterocycles. The number of carbonyl (C=O) groups excluding carboxylic acids is 1. The van der Waals surface area contributed by atoms with Gasteiger partial charge in [-0.05, 0) is 49.4 Å². The lowest BCUT2D eigenvalue weighted by atomic mass is 9.96. The fourth-order valence-electron chi connectivity index (χ4n) is 1.63. The van der Waals surface area contributed by atoms with Crippen LogP contribution in [0.2, 0.25) is 0 Å². The minimum absolute atomic E-state index is 0.373. The van der Waals surface area contributed by atoms with Gasteiger partial charge in [0.25, 0.3) is 0 Å². The topological polar surface area (TPSA) is 37.3 Å². The van der Waals surface area contributed by atoms with Crippen LogP contribution in [-0.4, -0.2) is 11.4 Å². The largest absolute Gasteiger partial charge is 0.507 e. The summed E-state index contributed by atoms with van der Waals surface area (Å²) in [5, 5.41) is 9.67. The number of phenols is 1. The molecule has 0 fully saturated rings. The molecule has 0 aromatic heterocycles. The van der Waals surface area contributed by atoms with E-state index in [9.17, 15) is 9.90 Å². The molecule has 0 bridgehead atoms. The van der Waals surface area contributed by atoms with Gasteiger partial charge < -0.3 is 9.90 Å². The van der Waals surface area contributed by atoms with Crippen LogP contribution in [0.15, 0.2) is 6.07 Å². The quantitative estimate of drug-likeness (QED) is 0.747. The van der Waals surface area contributed by atoms with E-state index in [-0.39, 0.29) is 0 Å². The normalized spacial score (nSPS) is 10.2. The smallest absolute Gasteiger partial charge is 0.121 e. The van der Waals surface area contributed by atoms with E-state index in [1.165, 1.54) is 0 Å². The number of aldehydes is 1. The Hall–Kier alpha value is -1.31. The Morgan fingerprint density at radius 2 is 1.93 bits per heavy atom. The van der Waals surface area contributed by atoms with E-state index < -0.39 is 0 Å². The summed E-state index contributed by atoms with van der Waals surface area (Å²) in [5.74, 6) is 0.373. The van der Waals surface area contributed by atoms with Crippen LogP contribution >= 0.6 is 0 Å². The molecule has 0 aliphatic rings. The lowest BCUT2D eigenvalue weighted by molar-refractivity contribution is -0.107. The molecule has 76 valence electrons. The van der Waals surface area contributed by atoms with Crippen molar-refractivity contribution in [3.63, 3.8) is 0 Å². The standard InChI is InChI=1S/C12H16O2/c1-8-7-11(5-4-6-13)9(2)10(3)12(8)14/h6-7,14H,4-5H2,1-3H3. The Labute approximate surface area is 84.6 Å². The van der Waals surface area contributed by atoms with Crippen LogP contribution in [0.3, 0.4) is 0 Å². The second-order valence-corrected chi connectivity index (χ2v) is 3.66. The van der Waals surface area contributed by atoms with E-state index in [4.69, 9.17) is 0 Å². The highest BCUT2D eigenvalue weighted by Crippen LogP contribution is 2.27. The van der Waals surface area contributed by atoms with Crippen LogP contribution in [0.1, 0.15) is 28.7 Å². The number of hydrogen-bond donors (Lipinski definition) is 1. The summed E-state index contributed by atoms with van der Waals surface area (Å²) in [5.41, 5.74) is 4.06. The van der Waals surface area contributed by atoms with Crippen LogP contribution in [0, 0.1) is 20.8 Å². The van der Waals surface area contributed by atoms with Crippen LogP contribution < -0.4 is 0 Å². The maximum atomic E-state index is 10.3. The SMILES string of the molecule is Cc1cc(CCC=O)c(C)c(C)c1O. The lowest BCUT2D eigenvalue weighted by Crippen LogP contribution is -1.95. The molecule has 0 spiro atoms. The molecule has 0 heterocycles.